The van der Waals surface area contributed by atoms with Gasteiger partial charge < -0.3 is 5.32 Å². The second-order valence-electron chi connectivity index (χ2n) is 4.91. The van der Waals surface area contributed by atoms with Gasteiger partial charge in [-0.15, -0.1) is 10.2 Å². The van der Waals surface area contributed by atoms with Crippen LogP contribution in [-0.4, -0.2) is 21.4 Å². The smallest absolute Gasteiger partial charge is 0.231 e. The van der Waals surface area contributed by atoms with Crippen LogP contribution in [0.2, 0.25) is 0 Å². The van der Waals surface area contributed by atoms with E-state index in [1.807, 2.05) is 20.8 Å². The first-order valence-corrected chi connectivity index (χ1v) is 7.34. The molecule has 0 saturated carbocycles. The normalized spacial score (nSPS) is 13.5. The molecule has 0 aromatic carbocycles. The highest BCUT2D eigenvalue weighted by Gasteiger charge is 2.22. The molecule has 0 bridgehead atoms. The molecule has 0 saturated heterocycles. The van der Waals surface area contributed by atoms with Gasteiger partial charge in [0.2, 0.25) is 11.0 Å². The van der Waals surface area contributed by atoms with E-state index >= 15 is 0 Å². The van der Waals surface area contributed by atoms with Crippen molar-refractivity contribution in [3.8, 4) is 0 Å². The zero-order valence-corrected chi connectivity index (χ0v) is 12.5. The summed E-state index contributed by atoms with van der Waals surface area (Å²) in [5, 5.41) is 11.9. The average Bonchev–Trinajstić information content (AvgIpc) is 2.64. The van der Waals surface area contributed by atoms with Crippen LogP contribution in [0.1, 0.15) is 41.0 Å². The number of nitrogens with zero attached hydrogens (tertiary/aromatic N) is 2. The lowest BCUT2D eigenvalue weighted by atomic mass is 9.96. The minimum absolute atomic E-state index is 0.0336. The number of hydrogen-bond acceptors (Lipinski definition) is 5. The van der Waals surface area contributed by atoms with Gasteiger partial charge in [0, 0.05) is 10.7 Å². The molecule has 1 amide bonds. The molecule has 1 aromatic rings. The molecule has 4 nitrogen and oxygen atoms in total. The minimum atomic E-state index is -0.407. The number of hydrogen-bond donors (Lipinski definition) is 1. The molecular formula is C11H19N3OS2. The molecule has 1 heterocycles. The first-order valence-electron chi connectivity index (χ1n) is 5.64. The molecule has 0 aliphatic heterocycles. The van der Waals surface area contributed by atoms with Crippen LogP contribution < -0.4 is 5.32 Å². The van der Waals surface area contributed by atoms with Crippen molar-refractivity contribution < 1.29 is 4.79 Å². The van der Waals surface area contributed by atoms with Crippen LogP contribution >= 0.6 is 23.1 Å². The molecule has 0 aliphatic rings. The van der Waals surface area contributed by atoms with E-state index in [0.717, 1.165) is 10.8 Å². The van der Waals surface area contributed by atoms with Gasteiger partial charge in [0.25, 0.3) is 0 Å². The highest BCUT2D eigenvalue weighted by Crippen LogP contribution is 2.30. The predicted molar refractivity (Wildman–Crippen MR) is 73.6 cm³/mol. The average molecular weight is 273 g/mol. The van der Waals surface area contributed by atoms with Crippen molar-refractivity contribution in [1.82, 2.24) is 10.2 Å². The van der Waals surface area contributed by atoms with Crippen LogP contribution in [0.25, 0.3) is 0 Å². The summed E-state index contributed by atoms with van der Waals surface area (Å²) in [5.41, 5.74) is -0.407. The van der Waals surface area contributed by atoms with Gasteiger partial charge in [-0.25, -0.2) is 0 Å². The molecule has 1 unspecified atom stereocenters. The standard InChI is InChI=1S/C11H19N3OS2/c1-6-7(2)16-10-14-13-9(17-10)12-8(15)11(3,4)5/h7H,6H2,1-5H3,(H,12,13,15). The van der Waals surface area contributed by atoms with Gasteiger partial charge in [-0.05, 0) is 6.42 Å². The third-order valence-electron chi connectivity index (χ3n) is 2.19. The van der Waals surface area contributed by atoms with Crippen LogP contribution in [-0.2, 0) is 4.79 Å². The maximum absolute atomic E-state index is 11.7. The molecule has 1 aromatic heterocycles. The SMILES string of the molecule is CCC(C)Sc1nnc(NC(=O)C(C)(C)C)s1. The largest absolute Gasteiger partial charge is 0.300 e. The third-order valence-corrected chi connectivity index (χ3v) is 4.38. The monoisotopic (exact) mass is 273 g/mol. The number of carbonyl (C=O) groups excluding carboxylic acids is 1. The second kappa shape index (κ2) is 5.82. The van der Waals surface area contributed by atoms with Gasteiger partial charge >= 0.3 is 0 Å². The Kier molecular flexibility index (Phi) is 4.94. The Morgan fingerprint density at radius 1 is 1.47 bits per heavy atom. The lowest BCUT2D eigenvalue weighted by Gasteiger charge is -2.15. The van der Waals surface area contributed by atoms with Crippen molar-refractivity contribution in [3.63, 3.8) is 0 Å². The van der Waals surface area contributed by atoms with E-state index in [4.69, 9.17) is 0 Å². The predicted octanol–water partition coefficient (Wildman–Crippen LogP) is 3.41. The van der Waals surface area contributed by atoms with E-state index in [-0.39, 0.29) is 5.91 Å². The van der Waals surface area contributed by atoms with Gasteiger partial charge in [-0.1, -0.05) is 57.7 Å². The number of aromatic nitrogens is 2. The Balaban J connectivity index is 2.60. The number of carbonyl (C=O) groups is 1. The molecule has 96 valence electrons. The van der Waals surface area contributed by atoms with Gasteiger partial charge in [0.1, 0.15) is 0 Å². The quantitative estimate of drug-likeness (QED) is 0.674. The van der Waals surface area contributed by atoms with Gasteiger partial charge in [-0.2, -0.15) is 0 Å². The number of thioether (sulfide) groups is 1. The molecule has 0 fully saturated rings. The molecule has 17 heavy (non-hydrogen) atoms. The summed E-state index contributed by atoms with van der Waals surface area (Å²) in [4.78, 5) is 11.7. The Bertz CT molecular complexity index is 384. The molecule has 1 atom stereocenters. The van der Waals surface area contributed by atoms with E-state index in [1.54, 1.807) is 11.8 Å². The highest BCUT2D eigenvalue weighted by atomic mass is 32.2. The Morgan fingerprint density at radius 2 is 2.12 bits per heavy atom. The van der Waals surface area contributed by atoms with Crippen LogP contribution in [0.4, 0.5) is 5.13 Å². The zero-order valence-electron chi connectivity index (χ0n) is 10.9. The summed E-state index contributed by atoms with van der Waals surface area (Å²) < 4.78 is 0.906. The Hall–Kier alpha value is -0.620. The summed E-state index contributed by atoms with van der Waals surface area (Å²) in [7, 11) is 0. The third kappa shape index (κ3) is 4.63. The molecule has 6 heteroatoms. The van der Waals surface area contributed by atoms with E-state index in [0.29, 0.717) is 10.4 Å². The molecular weight excluding hydrogens is 254 g/mol. The minimum Gasteiger partial charge on any atom is -0.300 e. The zero-order chi connectivity index (χ0) is 13.1. The van der Waals surface area contributed by atoms with E-state index in [9.17, 15) is 4.79 Å². The maximum Gasteiger partial charge on any atom is 0.231 e. The number of anilines is 1. The topological polar surface area (TPSA) is 54.9 Å². The first kappa shape index (κ1) is 14.4. The molecule has 0 aliphatic carbocycles. The number of nitrogens with one attached hydrogen (secondary N) is 1. The molecule has 1 N–H and O–H groups in total. The van der Waals surface area contributed by atoms with Gasteiger partial charge in [0.05, 0.1) is 0 Å². The lowest BCUT2D eigenvalue weighted by Crippen LogP contribution is -2.27. The van der Waals surface area contributed by atoms with Crippen molar-refractivity contribution in [2.24, 2.45) is 5.41 Å². The van der Waals surface area contributed by atoms with Gasteiger partial charge in [-0.3, -0.25) is 4.79 Å². The molecule has 0 spiro atoms. The van der Waals surface area contributed by atoms with Crippen LogP contribution in [0, 0.1) is 5.41 Å². The van der Waals surface area contributed by atoms with Gasteiger partial charge in [0.15, 0.2) is 4.34 Å². The molecule has 0 radical (unpaired) electrons. The summed E-state index contributed by atoms with van der Waals surface area (Å²) in [6.45, 7) is 9.91. The fraction of sp³-hybridized carbons (Fsp3) is 0.727. The Labute approximate surface area is 111 Å². The summed E-state index contributed by atoms with van der Waals surface area (Å²) in [5.74, 6) is -0.0336. The van der Waals surface area contributed by atoms with Crippen LogP contribution in [0.5, 0.6) is 0 Å². The van der Waals surface area contributed by atoms with Crippen molar-refractivity contribution in [2.75, 3.05) is 5.32 Å². The second-order valence-corrected chi connectivity index (χ2v) is 7.58. The summed E-state index contributed by atoms with van der Waals surface area (Å²) in [6.07, 6.45) is 1.09. The van der Waals surface area contributed by atoms with E-state index < -0.39 is 5.41 Å². The lowest BCUT2D eigenvalue weighted by molar-refractivity contribution is -0.123. The maximum atomic E-state index is 11.7. The Morgan fingerprint density at radius 3 is 2.65 bits per heavy atom. The first-order chi connectivity index (χ1) is 7.82. The summed E-state index contributed by atoms with van der Waals surface area (Å²) >= 11 is 3.12. The highest BCUT2D eigenvalue weighted by molar-refractivity contribution is 8.01. The van der Waals surface area contributed by atoms with Crippen LogP contribution in [0.3, 0.4) is 0 Å². The number of rotatable bonds is 4. The van der Waals surface area contributed by atoms with E-state index in [2.05, 4.69) is 29.4 Å². The summed E-state index contributed by atoms with van der Waals surface area (Å²) in [6, 6.07) is 0. The fourth-order valence-electron chi connectivity index (χ4n) is 0.848. The van der Waals surface area contributed by atoms with Crippen molar-refractivity contribution in [2.45, 2.75) is 50.6 Å². The fourth-order valence-corrected chi connectivity index (χ4v) is 2.84. The number of amides is 1. The molecule has 1 rings (SSSR count). The van der Waals surface area contributed by atoms with Crippen molar-refractivity contribution >= 4 is 34.1 Å². The van der Waals surface area contributed by atoms with Crippen molar-refractivity contribution in [3.05, 3.63) is 0 Å². The van der Waals surface area contributed by atoms with E-state index in [1.165, 1.54) is 11.3 Å². The van der Waals surface area contributed by atoms with Crippen molar-refractivity contribution in [1.29, 1.82) is 0 Å². The van der Waals surface area contributed by atoms with Crippen LogP contribution in [0.15, 0.2) is 4.34 Å².